The molecule has 1 aromatic rings. The molecule has 2 atom stereocenters. The Kier molecular flexibility index (Phi) is 3.55. The number of methoxy groups -OCH3 is 2. The highest BCUT2D eigenvalue weighted by atomic mass is 16.5. The van der Waals surface area contributed by atoms with Crippen LogP contribution >= 0.6 is 0 Å². The Morgan fingerprint density at radius 2 is 1.95 bits per heavy atom. The second-order valence-corrected chi connectivity index (χ2v) is 5.58. The summed E-state index contributed by atoms with van der Waals surface area (Å²) in [6.07, 6.45) is 4.10. The molecule has 2 aliphatic heterocycles. The van der Waals surface area contributed by atoms with Gasteiger partial charge in [-0.3, -0.25) is 4.79 Å². The molecule has 0 N–H and O–H groups in total. The zero-order valence-corrected chi connectivity index (χ0v) is 12.1. The third-order valence-electron chi connectivity index (χ3n) is 4.56. The van der Waals surface area contributed by atoms with Crippen LogP contribution < -0.4 is 9.47 Å². The topological polar surface area (TPSA) is 38.8 Å². The molecule has 20 heavy (non-hydrogen) atoms. The molecule has 2 saturated heterocycles. The highest BCUT2D eigenvalue weighted by Crippen LogP contribution is 2.41. The van der Waals surface area contributed by atoms with Gasteiger partial charge >= 0.3 is 0 Å². The minimum atomic E-state index is 0.294. The molecule has 2 fully saturated rings. The maximum absolute atomic E-state index is 12.1. The second-order valence-electron chi connectivity index (χ2n) is 5.58. The van der Waals surface area contributed by atoms with E-state index in [1.807, 2.05) is 12.1 Å². The van der Waals surface area contributed by atoms with E-state index in [9.17, 15) is 4.79 Å². The molecular formula is C16H21NO3. The minimum Gasteiger partial charge on any atom is -0.493 e. The van der Waals surface area contributed by atoms with Crippen molar-refractivity contribution in [3.8, 4) is 11.5 Å². The van der Waals surface area contributed by atoms with Crippen LogP contribution in [0.15, 0.2) is 18.2 Å². The van der Waals surface area contributed by atoms with E-state index < -0.39 is 0 Å². The first-order valence-corrected chi connectivity index (χ1v) is 7.26. The number of nitrogens with zero attached hydrogens (tertiary/aromatic N) is 1. The van der Waals surface area contributed by atoms with Crippen LogP contribution in [-0.2, 0) is 4.79 Å². The quantitative estimate of drug-likeness (QED) is 0.851. The molecule has 0 unspecified atom stereocenters. The molecule has 3 rings (SSSR count). The third-order valence-corrected chi connectivity index (χ3v) is 4.56. The van der Waals surface area contributed by atoms with Gasteiger partial charge in [-0.15, -0.1) is 0 Å². The minimum absolute atomic E-state index is 0.294. The number of amides is 1. The van der Waals surface area contributed by atoms with Crippen molar-refractivity contribution in [1.29, 1.82) is 0 Å². The van der Waals surface area contributed by atoms with Gasteiger partial charge in [0.2, 0.25) is 5.91 Å². The molecule has 0 aliphatic carbocycles. The Morgan fingerprint density at radius 1 is 1.15 bits per heavy atom. The molecule has 2 heterocycles. The van der Waals surface area contributed by atoms with Crippen molar-refractivity contribution in [1.82, 2.24) is 4.90 Å². The van der Waals surface area contributed by atoms with Gasteiger partial charge in [-0.25, -0.2) is 0 Å². The van der Waals surface area contributed by atoms with Crippen LogP contribution in [0.3, 0.4) is 0 Å². The number of rotatable bonds is 3. The summed E-state index contributed by atoms with van der Waals surface area (Å²) >= 11 is 0. The van der Waals surface area contributed by atoms with E-state index in [2.05, 4.69) is 11.0 Å². The molecule has 0 aromatic heterocycles. The van der Waals surface area contributed by atoms with Crippen molar-refractivity contribution in [3.05, 3.63) is 23.8 Å². The number of hydrogen-bond donors (Lipinski definition) is 0. The van der Waals surface area contributed by atoms with Crippen LogP contribution in [-0.4, -0.2) is 37.6 Å². The summed E-state index contributed by atoms with van der Waals surface area (Å²) in [5, 5.41) is 0. The van der Waals surface area contributed by atoms with Gasteiger partial charge in [-0.05, 0) is 37.0 Å². The van der Waals surface area contributed by atoms with Crippen LogP contribution in [0.2, 0.25) is 0 Å². The summed E-state index contributed by atoms with van der Waals surface area (Å²) in [6, 6.07) is 6.39. The average Bonchev–Trinajstić information content (AvgIpc) is 2.84. The number of carbonyl (C=O) groups excluding carboxylic acids is 1. The highest BCUT2D eigenvalue weighted by molar-refractivity contribution is 5.80. The second kappa shape index (κ2) is 5.35. The highest BCUT2D eigenvalue weighted by Gasteiger charge is 2.41. The maximum Gasteiger partial charge on any atom is 0.223 e. The lowest BCUT2D eigenvalue weighted by atomic mass is 9.87. The van der Waals surface area contributed by atoms with Gasteiger partial charge in [-0.1, -0.05) is 6.07 Å². The van der Waals surface area contributed by atoms with Crippen LogP contribution in [0, 0.1) is 0 Å². The van der Waals surface area contributed by atoms with E-state index in [0.29, 0.717) is 24.3 Å². The summed E-state index contributed by atoms with van der Waals surface area (Å²) in [7, 11) is 3.29. The van der Waals surface area contributed by atoms with Crippen molar-refractivity contribution in [2.24, 2.45) is 0 Å². The van der Waals surface area contributed by atoms with Gasteiger partial charge in [0.1, 0.15) is 0 Å². The maximum atomic E-state index is 12.1. The van der Waals surface area contributed by atoms with E-state index in [4.69, 9.17) is 9.47 Å². The average molecular weight is 275 g/mol. The van der Waals surface area contributed by atoms with E-state index >= 15 is 0 Å². The Bertz CT molecular complexity index is 514. The van der Waals surface area contributed by atoms with Crippen molar-refractivity contribution < 1.29 is 14.3 Å². The lowest BCUT2D eigenvalue weighted by Crippen LogP contribution is -2.38. The molecule has 1 amide bonds. The van der Waals surface area contributed by atoms with Gasteiger partial charge in [0.25, 0.3) is 0 Å². The number of hydrogen-bond acceptors (Lipinski definition) is 3. The van der Waals surface area contributed by atoms with Crippen LogP contribution in [0.1, 0.15) is 37.2 Å². The van der Waals surface area contributed by atoms with Gasteiger partial charge in [0.15, 0.2) is 11.5 Å². The van der Waals surface area contributed by atoms with Crippen LogP contribution in [0.4, 0.5) is 0 Å². The SMILES string of the molecule is COc1ccc([C@H]2CC(=O)N3CCCC[C@H]23)cc1OC. The molecule has 4 heteroatoms. The summed E-state index contributed by atoms with van der Waals surface area (Å²) in [5.41, 5.74) is 1.19. The Morgan fingerprint density at radius 3 is 2.70 bits per heavy atom. The summed E-state index contributed by atoms with van der Waals surface area (Å²) in [5.74, 6) is 2.07. The first kappa shape index (κ1) is 13.3. The zero-order chi connectivity index (χ0) is 14.1. The molecule has 4 nitrogen and oxygen atoms in total. The Hall–Kier alpha value is -1.71. The van der Waals surface area contributed by atoms with E-state index in [0.717, 1.165) is 30.9 Å². The molecule has 0 saturated carbocycles. The van der Waals surface area contributed by atoms with Gasteiger partial charge in [0, 0.05) is 24.9 Å². The van der Waals surface area contributed by atoms with Gasteiger partial charge < -0.3 is 14.4 Å². The van der Waals surface area contributed by atoms with Crippen molar-refractivity contribution in [2.75, 3.05) is 20.8 Å². The number of carbonyl (C=O) groups is 1. The Labute approximate surface area is 119 Å². The van der Waals surface area contributed by atoms with Crippen LogP contribution in [0.25, 0.3) is 0 Å². The lowest BCUT2D eigenvalue weighted by molar-refractivity contribution is -0.129. The predicted molar refractivity (Wildman–Crippen MR) is 76.3 cm³/mol. The van der Waals surface area contributed by atoms with E-state index in [1.165, 1.54) is 12.0 Å². The number of benzene rings is 1. The lowest BCUT2D eigenvalue weighted by Gasteiger charge is -2.32. The molecule has 2 aliphatic rings. The fourth-order valence-corrected chi connectivity index (χ4v) is 3.55. The summed E-state index contributed by atoms with van der Waals surface area (Å²) < 4.78 is 10.7. The molecular weight excluding hydrogens is 254 g/mol. The van der Waals surface area contributed by atoms with E-state index in [1.54, 1.807) is 14.2 Å². The monoisotopic (exact) mass is 275 g/mol. The van der Waals surface area contributed by atoms with Gasteiger partial charge in [-0.2, -0.15) is 0 Å². The summed E-state index contributed by atoms with van der Waals surface area (Å²) in [4.78, 5) is 14.2. The largest absolute Gasteiger partial charge is 0.493 e. The van der Waals surface area contributed by atoms with Crippen molar-refractivity contribution in [3.63, 3.8) is 0 Å². The fraction of sp³-hybridized carbons (Fsp3) is 0.562. The first-order chi connectivity index (χ1) is 9.74. The van der Waals surface area contributed by atoms with Crippen molar-refractivity contribution in [2.45, 2.75) is 37.6 Å². The Balaban J connectivity index is 1.90. The van der Waals surface area contributed by atoms with Crippen LogP contribution in [0.5, 0.6) is 11.5 Å². The first-order valence-electron chi connectivity index (χ1n) is 7.26. The summed E-state index contributed by atoms with van der Waals surface area (Å²) in [6.45, 7) is 0.924. The third kappa shape index (κ3) is 2.13. The van der Waals surface area contributed by atoms with E-state index in [-0.39, 0.29) is 0 Å². The molecule has 0 radical (unpaired) electrons. The van der Waals surface area contributed by atoms with Crippen molar-refractivity contribution >= 4 is 5.91 Å². The fourth-order valence-electron chi connectivity index (χ4n) is 3.55. The molecule has 1 aromatic carbocycles. The normalized spacial score (nSPS) is 25.5. The molecule has 0 spiro atoms. The van der Waals surface area contributed by atoms with Gasteiger partial charge in [0.05, 0.1) is 14.2 Å². The standard InChI is InChI=1S/C16H21NO3/c1-19-14-7-6-11(9-15(14)20-2)12-10-16(18)17-8-4-3-5-13(12)17/h6-7,9,12-13H,3-5,8,10H2,1-2H3/t12-,13-/m1/s1. The predicted octanol–water partition coefficient (Wildman–Crippen LogP) is 2.57. The number of fused-ring (bicyclic) bond motifs is 1. The molecule has 108 valence electrons. The number of piperidine rings is 1. The molecule has 0 bridgehead atoms. The smallest absolute Gasteiger partial charge is 0.223 e. The number of ether oxygens (including phenoxy) is 2. The zero-order valence-electron chi connectivity index (χ0n) is 12.1.